The number of rotatable bonds is 5. The van der Waals surface area contributed by atoms with E-state index in [2.05, 4.69) is 5.10 Å². The zero-order chi connectivity index (χ0) is 18.7. The van der Waals surface area contributed by atoms with Crippen LogP contribution in [-0.4, -0.2) is 40.8 Å². The number of carbonyl (C=O) groups excluding carboxylic acids is 1. The molecule has 1 heterocycles. The molecule has 0 aliphatic heterocycles. The maximum atomic E-state index is 12.8. The van der Waals surface area contributed by atoms with Crippen LogP contribution in [-0.2, 0) is 7.05 Å². The van der Waals surface area contributed by atoms with E-state index < -0.39 is 0 Å². The molecule has 134 valence electrons. The SMILES string of the molecule is Cc1ccc(OCCN(C)C(=O)c2nn(C)c(=O)c3ccccc23)cc1. The Morgan fingerprint density at radius 2 is 1.77 bits per heavy atom. The molecule has 0 aliphatic carbocycles. The third-order valence-electron chi connectivity index (χ3n) is 4.22. The average Bonchev–Trinajstić information content (AvgIpc) is 2.65. The fraction of sp³-hybridized carbons (Fsp3) is 0.250. The van der Waals surface area contributed by atoms with Crippen LogP contribution in [0.3, 0.4) is 0 Å². The van der Waals surface area contributed by atoms with Gasteiger partial charge in [0, 0.05) is 19.5 Å². The van der Waals surface area contributed by atoms with Gasteiger partial charge in [-0.05, 0) is 25.1 Å². The number of aromatic nitrogens is 2. The summed E-state index contributed by atoms with van der Waals surface area (Å²) in [5.41, 5.74) is 1.21. The summed E-state index contributed by atoms with van der Waals surface area (Å²) in [6, 6.07) is 14.8. The Hall–Kier alpha value is -3.15. The summed E-state index contributed by atoms with van der Waals surface area (Å²) in [6.45, 7) is 2.79. The van der Waals surface area contributed by atoms with Gasteiger partial charge in [-0.1, -0.05) is 35.9 Å². The van der Waals surface area contributed by atoms with Crippen molar-refractivity contribution in [3.63, 3.8) is 0 Å². The molecule has 6 nitrogen and oxygen atoms in total. The Bertz CT molecular complexity index is 993. The second-order valence-electron chi connectivity index (χ2n) is 6.21. The van der Waals surface area contributed by atoms with Gasteiger partial charge in [0.2, 0.25) is 0 Å². The second-order valence-corrected chi connectivity index (χ2v) is 6.21. The van der Waals surface area contributed by atoms with Crippen molar-refractivity contribution in [1.29, 1.82) is 0 Å². The Labute approximate surface area is 151 Å². The monoisotopic (exact) mass is 351 g/mol. The Balaban J connectivity index is 1.74. The van der Waals surface area contributed by atoms with E-state index >= 15 is 0 Å². The highest BCUT2D eigenvalue weighted by Crippen LogP contribution is 2.15. The number of likely N-dealkylation sites (N-methyl/N-ethyl adjacent to an activating group) is 1. The molecule has 3 rings (SSSR count). The number of benzene rings is 2. The lowest BCUT2D eigenvalue weighted by molar-refractivity contribution is 0.0768. The van der Waals surface area contributed by atoms with E-state index in [0.717, 1.165) is 11.3 Å². The Morgan fingerprint density at radius 1 is 1.12 bits per heavy atom. The summed E-state index contributed by atoms with van der Waals surface area (Å²) >= 11 is 0. The quantitative estimate of drug-likeness (QED) is 0.708. The van der Waals surface area contributed by atoms with Crippen LogP contribution in [0.1, 0.15) is 16.1 Å². The fourth-order valence-electron chi connectivity index (χ4n) is 2.67. The molecule has 0 saturated heterocycles. The van der Waals surface area contributed by atoms with E-state index in [9.17, 15) is 9.59 Å². The molecule has 2 aromatic carbocycles. The van der Waals surface area contributed by atoms with Gasteiger partial charge in [-0.3, -0.25) is 9.59 Å². The van der Waals surface area contributed by atoms with Crippen LogP contribution < -0.4 is 10.3 Å². The molecule has 1 amide bonds. The van der Waals surface area contributed by atoms with E-state index in [1.54, 1.807) is 43.3 Å². The number of hydrogen-bond donors (Lipinski definition) is 0. The van der Waals surface area contributed by atoms with E-state index in [0.29, 0.717) is 23.9 Å². The highest BCUT2D eigenvalue weighted by molar-refractivity contribution is 6.04. The number of nitrogens with zero attached hydrogens (tertiary/aromatic N) is 3. The molecule has 1 aromatic heterocycles. The smallest absolute Gasteiger partial charge is 0.274 e. The summed E-state index contributed by atoms with van der Waals surface area (Å²) in [5, 5.41) is 5.22. The molecular weight excluding hydrogens is 330 g/mol. The van der Waals surface area contributed by atoms with Crippen molar-refractivity contribution in [3.05, 3.63) is 70.1 Å². The molecule has 0 radical (unpaired) electrons. The molecule has 26 heavy (non-hydrogen) atoms. The van der Waals surface area contributed by atoms with Gasteiger partial charge in [-0.2, -0.15) is 5.10 Å². The van der Waals surface area contributed by atoms with Crippen LogP contribution in [0.25, 0.3) is 10.8 Å². The normalized spacial score (nSPS) is 10.7. The van der Waals surface area contributed by atoms with Gasteiger partial charge in [0.15, 0.2) is 5.69 Å². The zero-order valence-corrected chi connectivity index (χ0v) is 15.1. The first kappa shape index (κ1) is 17.7. The lowest BCUT2D eigenvalue weighted by Gasteiger charge is -2.18. The molecule has 0 spiro atoms. The molecule has 0 atom stereocenters. The van der Waals surface area contributed by atoms with Crippen LogP contribution in [0.15, 0.2) is 53.3 Å². The van der Waals surface area contributed by atoms with E-state index in [4.69, 9.17) is 4.74 Å². The lowest BCUT2D eigenvalue weighted by atomic mass is 10.1. The van der Waals surface area contributed by atoms with Crippen molar-refractivity contribution in [3.8, 4) is 5.75 Å². The third kappa shape index (κ3) is 3.59. The van der Waals surface area contributed by atoms with Crippen molar-refractivity contribution < 1.29 is 9.53 Å². The van der Waals surface area contributed by atoms with Crippen molar-refractivity contribution in [2.45, 2.75) is 6.92 Å². The van der Waals surface area contributed by atoms with Gasteiger partial charge in [-0.15, -0.1) is 0 Å². The fourth-order valence-corrected chi connectivity index (χ4v) is 2.67. The molecule has 3 aromatic rings. The first-order valence-corrected chi connectivity index (χ1v) is 8.38. The molecular formula is C20H21N3O3. The summed E-state index contributed by atoms with van der Waals surface area (Å²) in [5.74, 6) is 0.520. The minimum atomic E-state index is -0.246. The second kappa shape index (κ2) is 7.39. The number of amides is 1. The molecule has 6 heteroatoms. The van der Waals surface area contributed by atoms with Gasteiger partial charge in [0.25, 0.3) is 11.5 Å². The van der Waals surface area contributed by atoms with Crippen molar-refractivity contribution >= 4 is 16.7 Å². The first-order valence-electron chi connectivity index (χ1n) is 8.38. The standard InChI is InChI=1S/C20H21N3O3/c1-14-8-10-15(11-9-14)26-13-12-22(2)20(25)18-16-6-4-5-7-17(16)19(24)23(3)21-18/h4-11H,12-13H2,1-3H3. The number of ether oxygens (including phenoxy) is 1. The van der Waals surface area contributed by atoms with Gasteiger partial charge < -0.3 is 9.64 Å². The van der Waals surface area contributed by atoms with Crippen LogP contribution >= 0.6 is 0 Å². The van der Waals surface area contributed by atoms with Gasteiger partial charge in [0.1, 0.15) is 12.4 Å². The van der Waals surface area contributed by atoms with Crippen molar-refractivity contribution in [1.82, 2.24) is 14.7 Å². The Kier molecular flexibility index (Phi) is 5.02. The van der Waals surface area contributed by atoms with E-state index in [1.807, 2.05) is 31.2 Å². The zero-order valence-electron chi connectivity index (χ0n) is 15.1. The predicted octanol–water partition coefficient (Wildman–Crippen LogP) is 2.39. The highest BCUT2D eigenvalue weighted by Gasteiger charge is 2.19. The summed E-state index contributed by atoms with van der Waals surface area (Å²) in [6.07, 6.45) is 0. The van der Waals surface area contributed by atoms with Crippen molar-refractivity contribution in [2.75, 3.05) is 20.2 Å². The largest absolute Gasteiger partial charge is 0.492 e. The minimum absolute atomic E-state index is 0.220. The average molecular weight is 351 g/mol. The topological polar surface area (TPSA) is 64.4 Å². The van der Waals surface area contributed by atoms with Crippen LogP contribution in [0.4, 0.5) is 0 Å². The third-order valence-corrected chi connectivity index (χ3v) is 4.22. The van der Waals surface area contributed by atoms with E-state index in [-0.39, 0.29) is 17.2 Å². The molecule has 0 N–H and O–H groups in total. The minimum Gasteiger partial charge on any atom is -0.492 e. The van der Waals surface area contributed by atoms with Gasteiger partial charge in [0.05, 0.1) is 11.9 Å². The molecule has 0 fully saturated rings. The van der Waals surface area contributed by atoms with Crippen molar-refractivity contribution in [2.24, 2.45) is 7.05 Å². The van der Waals surface area contributed by atoms with Gasteiger partial charge >= 0.3 is 0 Å². The summed E-state index contributed by atoms with van der Waals surface area (Å²) in [7, 11) is 3.24. The van der Waals surface area contributed by atoms with Crippen LogP contribution in [0.5, 0.6) is 5.75 Å². The Morgan fingerprint density at radius 3 is 2.46 bits per heavy atom. The highest BCUT2D eigenvalue weighted by atomic mass is 16.5. The lowest BCUT2D eigenvalue weighted by Crippen LogP contribution is -2.33. The number of aryl methyl sites for hydroxylation is 2. The van der Waals surface area contributed by atoms with Crippen LogP contribution in [0.2, 0.25) is 0 Å². The maximum Gasteiger partial charge on any atom is 0.274 e. The summed E-state index contributed by atoms with van der Waals surface area (Å²) < 4.78 is 6.88. The molecule has 0 aliphatic rings. The molecule has 0 saturated carbocycles. The predicted molar refractivity (Wildman–Crippen MR) is 101 cm³/mol. The van der Waals surface area contributed by atoms with E-state index in [1.165, 1.54) is 4.68 Å². The summed E-state index contributed by atoms with van der Waals surface area (Å²) in [4.78, 5) is 26.5. The molecule has 0 bridgehead atoms. The maximum absolute atomic E-state index is 12.8. The first-order chi connectivity index (χ1) is 12.5. The van der Waals surface area contributed by atoms with Gasteiger partial charge in [-0.25, -0.2) is 4.68 Å². The number of fused-ring (bicyclic) bond motifs is 1. The number of carbonyl (C=O) groups is 1. The van der Waals surface area contributed by atoms with Crippen LogP contribution in [0, 0.1) is 6.92 Å². The number of hydrogen-bond acceptors (Lipinski definition) is 4. The molecule has 0 unspecified atom stereocenters.